The number of piperidine rings is 1. The van der Waals surface area contributed by atoms with Gasteiger partial charge in [-0.15, -0.1) is 0 Å². The van der Waals surface area contributed by atoms with Crippen LogP contribution in [0.5, 0.6) is 0 Å². The number of carbonyl (C=O) groups excluding carboxylic acids is 2. The third-order valence-electron chi connectivity index (χ3n) is 3.85. The van der Waals surface area contributed by atoms with Gasteiger partial charge in [-0.25, -0.2) is 9.59 Å². The lowest BCUT2D eigenvalue weighted by Crippen LogP contribution is -2.53. The van der Waals surface area contributed by atoms with Gasteiger partial charge in [0.2, 0.25) is 5.91 Å². The van der Waals surface area contributed by atoms with E-state index in [4.69, 9.17) is 0 Å². The highest BCUT2D eigenvalue weighted by molar-refractivity contribution is 5.86. The van der Waals surface area contributed by atoms with Gasteiger partial charge in [-0.3, -0.25) is 4.79 Å². The van der Waals surface area contributed by atoms with Gasteiger partial charge < -0.3 is 19.8 Å². The van der Waals surface area contributed by atoms with Crippen LogP contribution < -0.4 is 0 Å². The third-order valence-corrected chi connectivity index (χ3v) is 3.85. The first kappa shape index (κ1) is 17.3. The summed E-state index contributed by atoms with van der Waals surface area (Å²) < 4.78 is 0. The van der Waals surface area contributed by atoms with Gasteiger partial charge in [0, 0.05) is 26.7 Å². The third kappa shape index (κ3) is 4.34. The number of amides is 3. The maximum absolute atomic E-state index is 12.4. The highest BCUT2D eigenvalue weighted by Gasteiger charge is 2.34. The fourth-order valence-corrected chi connectivity index (χ4v) is 2.58. The summed E-state index contributed by atoms with van der Waals surface area (Å²) in [6.07, 6.45) is 2.08. The Hall–Kier alpha value is -1.79. The van der Waals surface area contributed by atoms with Crippen LogP contribution in [0.3, 0.4) is 0 Å². The van der Waals surface area contributed by atoms with Crippen molar-refractivity contribution in [2.75, 3.05) is 33.2 Å². The first-order valence-corrected chi connectivity index (χ1v) is 7.44. The molecule has 1 unspecified atom stereocenters. The lowest BCUT2D eigenvalue weighted by molar-refractivity contribution is -0.143. The molecule has 0 aliphatic carbocycles. The average molecular weight is 299 g/mol. The Balaban J connectivity index is 2.68. The topological polar surface area (TPSA) is 81.2 Å². The maximum Gasteiger partial charge on any atom is 0.326 e. The van der Waals surface area contributed by atoms with Gasteiger partial charge in [0.15, 0.2) is 0 Å². The van der Waals surface area contributed by atoms with E-state index in [1.54, 1.807) is 4.90 Å². The van der Waals surface area contributed by atoms with Gasteiger partial charge in [0.05, 0.1) is 0 Å². The van der Waals surface area contributed by atoms with Crippen molar-refractivity contribution in [1.82, 2.24) is 14.7 Å². The molecule has 1 rings (SSSR count). The average Bonchev–Trinajstić information content (AvgIpc) is 2.47. The summed E-state index contributed by atoms with van der Waals surface area (Å²) in [5, 5.41) is 9.20. The number of rotatable bonds is 5. The predicted molar refractivity (Wildman–Crippen MR) is 77.9 cm³/mol. The molecule has 1 fully saturated rings. The summed E-state index contributed by atoms with van der Waals surface area (Å²) in [7, 11) is 1.54. The van der Waals surface area contributed by atoms with E-state index in [2.05, 4.69) is 0 Å². The van der Waals surface area contributed by atoms with E-state index in [1.807, 2.05) is 13.8 Å². The van der Waals surface area contributed by atoms with Crippen LogP contribution in [0.1, 0.15) is 33.1 Å². The van der Waals surface area contributed by atoms with E-state index in [1.165, 1.54) is 16.8 Å². The van der Waals surface area contributed by atoms with Crippen LogP contribution in [0.15, 0.2) is 0 Å². The van der Waals surface area contributed by atoms with E-state index >= 15 is 0 Å². The first-order chi connectivity index (χ1) is 9.92. The molecule has 1 heterocycles. The summed E-state index contributed by atoms with van der Waals surface area (Å²) >= 11 is 0. The monoisotopic (exact) mass is 299 g/mol. The number of carbonyl (C=O) groups is 3. The lowest BCUT2D eigenvalue weighted by Gasteiger charge is -2.36. The van der Waals surface area contributed by atoms with Crippen molar-refractivity contribution in [3.05, 3.63) is 0 Å². The highest BCUT2D eigenvalue weighted by atomic mass is 16.4. The van der Waals surface area contributed by atoms with Gasteiger partial charge in [0.25, 0.3) is 0 Å². The zero-order valence-electron chi connectivity index (χ0n) is 13.0. The quantitative estimate of drug-likeness (QED) is 0.816. The first-order valence-electron chi connectivity index (χ1n) is 7.44. The van der Waals surface area contributed by atoms with Gasteiger partial charge in [0.1, 0.15) is 12.6 Å². The molecule has 0 spiro atoms. The lowest BCUT2D eigenvalue weighted by atomic mass is 10.0. The summed E-state index contributed by atoms with van der Waals surface area (Å²) in [5.41, 5.74) is 0. The molecule has 7 nitrogen and oxygen atoms in total. The van der Waals surface area contributed by atoms with Crippen molar-refractivity contribution >= 4 is 17.9 Å². The normalized spacial score (nSPS) is 18.2. The zero-order valence-corrected chi connectivity index (χ0v) is 13.0. The molecule has 0 aromatic rings. The molecule has 0 aromatic carbocycles. The second-order valence-electron chi connectivity index (χ2n) is 5.25. The molecular formula is C14H25N3O4. The highest BCUT2D eigenvalue weighted by Crippen LogP contribution is 2.18. The van der Waals surface area contributed by atoms with Crippen molar-refractivity contribution in [3.8, 4) is 0 Å². The van der Waals surface area contributed by atoms with E-state index in [-0.39, 0.29) is 18.5 Å². The SMILES string of the molecule is CCN(CC)C(=O)CN(C)C(=O)N1CCCCC1C(=O)O. The Morgan fingerprint density at radius 3 is 2.33 bits per heavy atom. The molecule has 0 aromatic heterocycles. The molecular weight excluding hydrogens is 274 g/mol. The number of likely N-dealkylation sites (N-methyl/N-ethyl adjacent to an activating group) is 2. The minimum atomic E-state index is -0.980. The number of aliphatic carboxylic acids is 1. The molecule has 0 saturated carbocycles. The minimum absolute atomic E-state index is 0.0245. The molecule has 1 N–H and O–H groups in total. The Morgan fingerprint density at radius 2 is 1.81 bits per heavy atom. The fourth-order valence-electron chi connectivity index (χ4n) is 2.58. The second kappa shape index (κ2) is 7.85. The number of hydrogen-bond acceptors (Lipinski definition) is 3. The van der Waals surface area contributed by atoms with Crippen LogP contribution in [-0.2, 0) is 9.59 Å². The summed E-state index contributed by atoms with van der Waals surface area (Å²) in [6, 6.07) is -1.17. The van der Waals surface area contributed by atoms with Crippen molar-refractivity contribution in [2.45, 2.75) is 39.2 Å². The Bertz CT molecular complexity index is 396. The Kier molecular flexibility index (Phi) is 6.45. The largest absolute Gasteiger partial charge is 0.480 e. The van der Waals surface area contributed by atoms with Crippen molar-refractivity contribution in [2.24, 2.45) is 0 Å². The van der Waals surface area contributed by atoms with Crippen LogP contribution >= 0.6 is 0 Å². The standard InChI is InChI=1S/C14H25N3O4/c1-4-16(5-2)12(18)10-15(3)14(21)17-9-7-6-8-11(17)13(19)20/h11H,4-10H2,1-3H3,(H,19,20). The minimum Gasteiger partial charge on any atom is -0.480 e. The molecule has 7 heteroatoms. The molecule has 3 amide bonds. The van der Waals surface area contributed by atoms with Crippen LogP contribution in [-0.4, -0.2) is 77.0 Å². The summed E-state index contributed by atoms with van der Waals surface area (Å²) in [5.74, 6) is -1.11. The van der Waals surface area contributed by atoms with Crippen molar-refractivity contribution < 1.29 is 19.5 Å². The van der Waals surface area contributed by atoms with Crippen molar-refractivity contribution in [1.29, 1.82) is 0 Å². The Labute approximate surface area is 125 Å². The molecule has 120 valence electrons. The van der Waals surface area contributed by atoms with E-state index in [0.29, 0.717) is 26.1 Å². The molecule has 1 aliphatic rings. The fraction of sp³-hybridized carbons (Fsp3) is 0.786. The number of carboxylic acids is 1. The van der Waals surface area contributed by atoms with Gasteiger partial charge in [-0.1, -0.05) is 0 Å². The van der Waals surface area contributed by atoms with Gasteiger partial charge in [-0.05, 0) is 33.1 Å². The maximum atomic E-state index is 12.4. The molecule has 21 heavy (non-hydrogen) atoms. The van der Waals surface area contributed by atoms with Gasteiger partial charge >= 0.3 is 12.0 Å². The van der Waals surface area contributed by atoms with E-state index in [0.717, 1.165) is 12.8 Å². The predicted octanol–water partition coefficient (Wildman–Crippen LogP) is 0.846. The smallest absolute Gasteiger partial charge is 0.326 e. The molecule has 1 aliphatic heterocycles. The molecule has 1 atom stereocenters. The van der Waals surface area contributed by atoms with Crippen LogP contribution in [0, 0.1) is 0 Å². The van der Waals surface area contributed by atoms with E-state index < -0.39 is 12.0 Å². The van der Waals surface area contributed by atoms with Gasteiger partial charge in [-0.2, -0.15) is 0 Å². The van der Waals surface area contributed by atoms with Crippen LogP contribution in [0.2, 0.25) is 0 Å². The second-order valence-corrected chi connectivity index (χ2v) is 5.25. The van der Waals surface area contributed by atoms with E-state index in [9.17, 15) is 19.5 Å². The summed E-state index contributed by atoms with van der Waals surface area (Å²) in [6.45, 7) is 5.36. The number of nitrogens with zero attached hydrogens (tertiary/aromatic N) is 3. The summed E-state index contributed by atoms with van der Waals surface area (Å²) in [4.78, 5) is 39.9. The Morgan fingerprint density at radius 1 is 1.19 bits per heavy atom. The number of hydrogen-bond donors (Lipinski definition) is 1. The molecule has 0 bridgehead atoms. The number of likely N-dealkylation sites (tertiary alicyclic amines) is 1. The number of carboxylic acid groups (broad SMARTS) is 1. The van der Waals surface area contributed by atoms with Crippen molar-refractivity contribution in [3.63, 3.8) is 0 Å². The van der Waals surface area contributed by atoms with Crippen LogP contribution in [0.4, 0.5) is 4.79 Å². The zero-order chi connectivity index (χ0) is 16.0. The number of urea groups is 1. The molecule has 0 radical (unpaired) electrons. The molecule has 1 saturated heterocycles. The van der Waals surface area contributed by atoms with Crippen LogP contribution in [0.25, 0.3) is 0 Å².